The molecule has 0 heterocycles. The Morgan fingerprint density at radius 2 is 1.67 bits per heavy atom. The van der Waals surface area contributed by atoms with Gasteiger partial charge in [-0.2, -0.15) is 0 Å². The summed E-state index contributed by atoms with van der Waals surface area (Å²) in [6.07, 6.45) is 8.53. The van der Waals surface area contributed by atoms with E-state index in [1.165, 1.54) is 0 Å². The molecule has 0 aromatic heterocycles. The Kier molecular flexibility index (Phi) is 7.45. The molecule has 0 aliphatic rings. The lowest BCUT2D eigenvalue weighted by atomic mass is 9.74. The highest BCUT2D eigenvalue weighted by atomic mass is 35.5. The van der Waals surface area contributed by atoms with E-state index in [1.807, 2.05) is 18.2 Å². The molecule has 0 fully saturated rings. The SMILES string of the molecule is C=CCC(Cl)C(CC=C)(CC=C)CCO. The van der Waals surface area contributed by atoms with E-state index in [0.29, 0.717) is 6.42 Å². The molecule has 0 aliphatic heterocycles. The highest BCUT2D eigenvalue weighted by Crippen LogP contribution is 2.40. The molecular formula is C13H21ClO. The predicted molar refractivity (Wildman–Crippen MR) is 68.2 cm³/mol. The van der Waals surface area contributed by atoms with Crippen LogP contribution in [0.5, 0.6) is 0 Å². The average molecular weight is 229 g/mol. The number of halogens is 1. The van der Waals surface area contributed by atoms with Gasteiger partial charge in [-0.3, -0.25) is 0 Å². The van der Waals surface area contributed by atoms with Gasteiger partial charge in [0.15, 0.2) is 0 Å². The van der Waals surface area contributed by atoms with Crippen LogP contribution in [0.2, 0.25) is 0 Å². The lowest BCUT2D eigenvalue weighted by Gasteiger charge is -2.35. The monoisotopic (exact) mass is 228 g/mol. The Hall–Kier alpha value is -0.530. The highest BCUT2D eigenvalue weighted by molar-refractivity contribution is 6.21. The summed E-state index contributed by atoms with van der Waals surface area (Å²) < 4.78 is 0. The van der Waals surface area contributed by atoms with Crippen molar-refractivity contribution < 1.29 is 5.11 Å². The van der Waals surface area contributed by atoms with Gasteiger partial charge in [0, 0.05) is 12.0 Å². The molecule has 0 amide bonds. The van der Waals surface area contributed by atoms with Crippen molar-refractivity contribution in [3.8, 4) is 0 Å². The zero-order valence-electron chi connectivity index (χ0n) is 9.29. The number of alkyl halides is 1. The van der Waals surface area contributed by atoms with Crippen molar-refractivity contribution in [1.29, 1.82) is 0 Å². The fourth-order valence-electron chi connectivity index (χ4n) is 1.89. The molecule has 1 N–H and O–H groups in total. The first-order valence-electron chi connectivity index (χ1n) is 5.24. The van der Waals surface area contributed by atoms with Gasteiger partial charge in [-0.1, -0.05) is 18.2 Å². The third-order valence-electron chi connectivity index (χ3n) is 2.75. The van der Waals surface area contributed by atoms with Gasteiger partial charge in [0.05, 0.1) is 0 Å². The van der Waals surface area contributed by atoms with Gasteiger partial charge in [-0.15, -0.1) is 31.3 Å². The van der Waals surface area contributed by atoms with Crippen molar-refractivity contribution in [3.63, 3.8) is 0 Å². The van der Waals surface area contributed by atoms with Gasteiger partial charge >= 0.3 is 0 Å². The number of aliphatic hydroxyl groups excluding tert-OH is 1. The second-order valence-electron chi connectivity index (χ2n) is 3.81. The molecule has 1 nitrogen and oxygen atoms in total. The van der Waals surface area contributed by atoms with Crippen LogP contribution >= 0.6 is 11.6 Å². The largest absolute Gasteiger partial charge is 0.396 e. The van der Waals surface area contributed by atoms with Crippen LogP contribution in [0.4, 0.5) is 0 Å². The van der Waals surface area contributed by atoms with Crippen molar-refractivity contribution in [1.82, 2.24) is 0 Å². The second-order valence-corrected chi connectivity index (χ2v) is 4.34. The van der Waals surface area contributed by atoms with Crippen molar-refractivity contribution in [2.75, 3.05) is 6.61 Å². The van der Waals surface area contributed by atoms with E-state index in [9.17, 15) is 0 Å². The molecule has 0 bridgehead atoms. The summed E-state index contributed by atoms with van der Waals surface area (Å²) in [4.78, 5) is 0. The van der Waals surface area contributed by atoms with Gasteiger partial charge < -0.3 is 5.11 Å². The van der Waals surface area contributed by atoms with Crippen LogP contribution in [0, 0.1) is 5.41 Å². The smallest absolute Gasteiger partial charge is 0.0437 e. The molecule has 0 saturated carbocycles. The summed E-state index contributed by atoms with van der Waals surface area (Å²) >= 11 is 6.36. The molecule has 1 unspecified atom stereocenters. The molecule has 2 heteroatoms. The zero-order chi connectivity index (χ0) is 11.7. The zero-order valence-corrected chi connectivity index (χ0v) is 10.0. The van der Waals surface area contributed by atoms with E-state index in [0.717, 1.165) is 19.3 Å². The fourth-order valence-corrected chi connectivity index (χ4v) is 2.31. The summed E-state index contributed by atoms with van der Waals surface area (Å²) in [7, 11) is 0. The molecular weight excluding hydrogens is 208 g/mol. The maximum absolute atomic E-state index is 9.12. The lowest BCUT2D eigenvalue weighted by Crippen LogP contribution is -2.31. The maximum atomic E-state index is 9.12. The van der Waals surface area contributed by atoms with E-state index in [4.69, 9.17) is 16.7 Å². The lowest BCUT2D eigenvalue weighted by molar-refractivity contribution is 0.176. The predicted octanol–water partition coefficient (Wildman–Crippen LogP) is 3.69. The summed E-state index contributed by atoms with van der Waals surface area (Å²) in [6.45, 7) is 11.3. The van der Waals surface area contributed by atoms with Crippen molar-refractivity contribution in [2.45, 2.75) is 31.1 Å². The molecule has 0 aliphatic carbocycles. The van der Waals surface area contributed by atoms with Crippen LogP contribution < -0.4 is 0 Å². The minimum Gasteiger partial charge on any atom is -0.396 e. The molecule has 1 atom stereocenters. The average Bonchev–Trinajstić information content (AvgIpc) is 2.19. The Morgan fingerprint density at radius 3 is 2.00 bits per heavy atom. The van der Waals surface area contributed by atoms with E-state index in [2.05, 4.69) is 19.7 Å². The molecule has 86 valence electrons. The van der Waals surface area contributed by atoms with Crippen molar-refractivity contribution in [3.05, 3.63) is 38.0 Å². The van der Waals surface area contributed by atoms with Gasteiger partial charge in [0.2, 0.25) is 0 Å². The van der Waals surface area contributed by atoms with Crippen LogP contribution in [0.25, 0.3) is 0 Å². The number of hydrogen-bond acceptors (Lipinski definition) is 1. The first kappa shape index (κ1) is 14.5. The van der Waals surface area contributed by atoms with Crippen LogP contribution in [0.15, 0.2) is 38.0 Å². The summed E-state index contributed by atoms with van der Waals surface area (Å²) in [5.74, 6) is 0. The van der Waals surface area contributed by atoms with Crippen LogP contribution in [0.1, 0.15) is 25.7 Å². The summed E-state index contributed by atoms with van der Waals surface area (Å²) in [5, 5.41) is 9.09. The van der Waals surface area contributed by atoms with Crippen LogP contribution in [-0.2, 0) is 0 Å². The third-order valence-corrected chi connectivity index (χ3v) is 3.39. The molecule has 15 heavy (non-hydrogen) atoms. The van der Waals surface area contributed by atoms with Crippen LogP contribution in [0.3, 0.4) is 0 Å². The van der Waals surface area contributed by atoms with Crippen LogP contribution in [-0.4, -0.2) is 17.1 Å². The highest BCUT2D eigenvalue weighted by Gasteiger charge is 2.34. The van der Waals surface area contributed by atoms with Gasteiger partial charge in [-0.25, -0.2) is 0 Å². The molecule has 0 rings (SSSR count). The third kappa shape index (κ3) is 4.23. The summed E-state index contributed by atoms with van der Waals surface area (Å²) in [5.41, 5.74) is -0.131. The second kappa shape index (κ2) is 7.72. The Balaban J connectivity index is 4.79. The first-order chi connectivity index (χ1) is 7.16. The fraction of sp³-hybridized carbons (Fsp3) is 0.538. The maximum Gasteiger partial charge on any atom is 0.0437 e. The quantitative estimate of drug-likeness (QED) is 0.472. The van der Waals surface area contributed by atoms with E-state index >= 15 is 0 Å². The first-order valence-corrected chi connectivity index (χ1v) is 5.68. The Bertz CT molecular complexity index is 201. The number of hydrogen-bond donors (Lipinski definition) is 1. The van der Waals surface area contributed by atoms with Gasteiger partial charge in [0.25, 0.3) is 0 Å². The minimum atomic E-state index is -0.131. The Labute approximate surface area is 98.1 Å². The van der Waals surface area contributed by atoms with E-state index in [1.54, 1.807) is 0 Å². The minimum absolute atomic E-state index is 0.0295. The molecule has 0 radical (unpaired) electrons. The topological polar surface area (TPSA) is 20.2 Å². The molecule has 0 saturated heterocycles. The van der Waals surface area contributed by atoms with E-state index < -0.39 is 0 Å². The van der Waals surface area contributed by atoms with E-state index in [-0.39, 0.29) is 17.4 Å². The Morgan fingerprint density at radius 1 is 1.13 bits per heavy atom. The van der Waals surface area contributed by atoms with Gasteiger partial charge in [-0.05, 0) is 31.1 Å². The molecule has 0 aromatic carbocycles. The number of rotatable bonds is 9. The van der Waals surface area contributed by atoms with Crippen molar-refractivity contribution in [2.24, 2.45) is 5.41 Å². The molecule has 0 spiro atoms. The number of allylic oxidation sites excluding steroid dienone is 3. The number of aliphatic hydroxyl groups is 1. The van der Waals surface area contributed by atoms with Crippen molar-refractivity contribution >= 4 is 11.6 Å². The molecule has 0 aromatic rings. The normalized spacial score (nSPS) is 13.2. The summed E-state index contributed by atoms with van der Waals surface area (Å²) in [6, 6.07) is 0. The standard InChI is InChI=1S/C13H21ClO/c1-4-7-12(14)13(8-5-2,9-6-3)10-11-15/h4-6,12,15H,1-3,7-11H2. The van der Waals surface area contributed by atoms with Gasteiger partial charge in [0.1, 0.15) is 0 Å².